The van der Waals surface area contributed by atoms with Crippen molar-refractivity contribution in [2.24, 2.45) is 0 Å². The molecule has 0 bridgehead atoms. The SMILES string of the molecule is O=C(CC[C@H](NC(=O)OCc1ccccc1)C(=O)O)N[C@@H](CS(=O)(=O)CCOP(=O)(N(CCCl)CCCl)N(CCCl)CCCl)C(=O)NC(C(=O)O)c1ccccc1. The van der Waals surface area contributed by atoms with Crippen LogP contribution in [0.1, 0.15) is 30.0 Å². The van der Waals surface area contributed by atoms with Crippen LogP contribution in [0.4, 0.5) is 4.79 Å². The number of nitrogens with zero attached hydrogens (tertiary/aromatic N) is 2. The Labute approximate surface area is 351 Å². The molecule has 2 rings (SSSR count). The molecule has 0 aromatic heterocycles. The Hall–Kier alpha value is -3.19. The summed E-state index contributed by atoms with van der Waals surface area (Å²) in [5.74, 6) is -6.99. The van der Waals surface area contributed by atoms with E-state index in [2.05, 4.69) is 16.0 Å². The van der Waals surface area contributed by atoms with Crippen LogP contribution in [0.15, 0.2) is 60.7 Å². The minimum Gasteiger partial charge on any atom is -0.480 e. The number of halogens is 4. The Morgan fingerprint density at radius 1 is 0.737 bits per heavy atom. The Morgan fingerprint density at radius 3 is 1.75 bits per heavy atom. The highest BCUT2D eigenvalue weighted by molar-refractivity contribution is 7.91. The van der Waals surface area contributed by atoms with E-state index in [-0.39, 0.29) is 61.9 Å². The number of benzene rings is 2. The summed E-state index contributed by atoms with van der Waals surface area (Å²) in [6, 6.07) is 10.9. The fourth-order valence-electron chi connectivity index (χ4n) is 5.15. The molecule has 0 fully saturated rings. The molecule has 3 amide bonds. The molecule has 0 heterocycles. The Balaban J connectivity index is 2.27. The molecule has 5 N–H and O–H groups in total. The summed E-state index contributed by atoms with van der Waals surface area (Å²) in [6.45, 7) is -0.635. The van der Waals surface area contributed by atoms with Crippen molar-refractivity contribution in [3.8, 4) is 0 Å². The Bertz CT molecular complexity index is 1720. The van der Waals surface area contributed by atoms with E-state index in [0.717, 1.165) is 0 Å². The Kier molecular flexibility index (Phi) is 22.8. The zero-order valence-corrected chi connectivity index (χ0v) is 35.4. The van der Waals surface area contributed by atoms with Crippen LogP contribution in [0.3, 0.4) is 0 Å². The van der Waals surface area contributed by atoms with Gasteiger partial charge in [0.15, 0.2) is 15.9 Å². The van der Waals surface area contributed by atoms with Gasteiger partial charge in [-0.15, -0.1) is 46.4 Å². The van der Waals surface area contributed by atoms with Crippen LogP contribution in [0.5, 0.6) is 0 Å². The third-order valence-corrected chi connectivity index (χ3v) is 13.0. The van der Waals surface area contributed by atoms with Gasteiger partial charge in [-0.05, 0) is 17.5 Å². The van der Waals surface area contributed by atoms with Crippen molar-refractivity contribution in [1.29, 1.82) is 0 Å². The van der Waals surface area contributed by atoms with Crippen LogP contribution < -0.4 is 16.0 Å². The van der Waals surface area contributed by atoms with Crippen molar-refractivity contribution in [2.45, 2.75) is 37.6 Å². The van der Waals surface area contributed by atoms with Crippen LogP contribution in [-0.2, 0) is 49.4 Å². The maximum atomic E-state index is 14.3. The molecule has 1 unspecified atom stereocenters. The van der Waals surface area contributed by atoms with E-state index < -0.39 is 96.4 Å². The number of carboxylic acids is 2. The summed E-state index contributed by atoms with van der Waals surface area (Å²) in [7, 11) is -8.41. The molecule has 0 aliphatic carbocycles. The first-order chi connectivity index (χ1) is 27.1. The van der Waals surface area contributed by atoms with Gasteiger partial charge in [0.2, 0.25) is 11.8 Å². The highest BCUT2D eigenvalue weighted by Gasteiger charge is 2.39. The van der Waals surface area contributed by atoms with Gasteiger partial charge in [0.25, 0.3) is 0 Å². The lowest BCUT2D eigenvalue weighted by Crippen LogP contribution is -2.52. The third-order valence-electron chi connectivity index (χ3n) is 7.94. The van der Waals surface area contributed by atoms with E-state index in [9.17, 15) is 47.2 Å². The number of ether oxygens (including phenoxy) is 1. The van der Waals surface area contributed by atoms with Gasteiger partial charge >= 0.3 is 25.7 Å². The normalized spacial score (nSPS) is 13.4. The van der Waals surface area contributed by atoms with Gasteiger partial charge in [-0.25, -0.2) is 32.1 Å². The first-order valence-corrected chi connectivity index (χ1v) is 22.9. The third kappa shape index (κ3) is 17.7. The minimum atomic E-state index is -4.38. The lowest BCUT2D eigenvalue weighted by molar-refractivity contribution is -0.142. The number of carbonyl (C=O) groups is 5. The minimum absolute atomic E-state index is 0.0244. The zero-order valence-electron chi connectivity index (χ0n) is 30.6. The fourth-order valence-corrected chi connectivity index (χ4v) is 10.2. The molecule has 0 spiro atoms. The van der Waals surface area contributed by atoms with Crippen LogP contribution in [0.2, 0.25) is 0 Å². The molecule has 0 aliphatic rings. The lowest BCUT2D eigenvalue weighted by Gasteiger charge is -2.37. The predicted molar refractivity (Wildman–Crippen MR) is 216 cm³/mol. The second-order valence-electron chi connectivity index (χ2n) is 12.0. The second kappa shape index (κ2) is 26.0. The molecule has 23 heteroatoms. The Morgan fingerprint density at radius 2 is 1.26 bits per heavy atom. The van der Waals surface area contributed by atoms with Gasteiger partial charge in [-0.1, -0.05) is 60.7 Å². The standard InChI is InChI=1S/C34H46Cl4N5O12PS/c35-13-17-42(18-14-36)56(51,43(19-15-37)20-16-38)55-21-22-57(52,53)24-28(31(45)41-30(33(48)49)26-9-5-2-6-10-26)39-29(44)12-11-27(32(46)47)40-34(50)54-23-25-7-3-1-4-8-25/h1-10,27-28,30H,11-24H2,(H,39,44)(H,40,50)(H,41,45)(H,46,47)(H,48,49)/t27-,28-,30?/m0/s1. The largest absolute Gasteiger partial charge is 0.480 e. The fraction of sp³-hybridized carbons (Fsp3) is 0.500. The average molecular weight is 922 g/mol. The molecule has 0 radical (unpaired) electrons. The predicted octanol–water partition coefficient (Wildman–Crippen LogP) is 3.67. The van der Waals surface area contributed by atoms with Crippen molar-refractivity contribution in [2.75, 3.05) is 67.8 Å². The quantitative estimate of drug-likeness (QED) is 0.0605. The highest BCUT2D eigenvalue weighted by Crippen LogP contribution is 2.54. The summed E-state index contributed by atoms with van der Waals surface area (Å²) >= 11 is 23.8. The second-order valence-corrected chi connectivity index (χ2v) is 18.2. The molecule has 3 atom stereocenters. The van der Waals surface area contributed by atoms with E-state index in [0.29, 0.717) is 5.56 Å². The summed E-state index contributed by atoms with van der Waals surface area (Å²) in [5.41, 5.74) is 0.775. The van der Waals surface area contributed by atoms with Gasteiger partial charge in [0.05, 0.1) is 18.1 Å². The molecular formula is C34H46Cl4N5O12PS. The summed E-state index contributed by atoms with van der Waals surface area (Å²) in [4.78, 5) is 63.1. The molecule has 318 valence electrons. The van der Waals surface area contributed by atoms with Crippen LogP contribution >= 0.6 is 54.1 Å². The molecule has 0 aliphatic heterocycles. The van der Waals surface area contributed by atoms with Crippen LogP contribution in [0.25, 0.3) is 0 Å². The zero-order chi connectivity index (χ0) is 42.4. The van der Waals surface area contributed by atoms with Gasteiger partial charge in [-0.2, -0.15) is 0 Å². The van der Waals surface area contributed by atoms with Crippen molar-refractivity contribution in [1.82, 2.24) is 25.3 Å². The van der Waals surface area contributed by atoms with E-state index in [1.807, 2.05) is 0 Å². The summed E-state index contributed by atoms with van der Waals surface area (Å²) in [6.07, 6.45) is -2.21. The molecule has 17 nitrogen and oxygen atoms in total. The number of alkyl carbamates (subject to hydrolysis) is 1. The van der Waals surface area contributed by atoms with Crippen molar-refractivity contribution >= 4 is 93.8 Å². The van der Waals surface area contributed by atoms with E-state index in [1.54, 1.807) is 36.4 Å². The van der Waals surface area contributed by atoms with E-state index in [1.165, 1.54) is 33.6 Å². The number of hydrogen-bond acceptors (Lipinski definition) is 10. The number of carbonyl (C=O) groups excluding carboxylic acids is 3. The lowest BCUT2D eigenvalue weighted by atomic mass is 10.1. The number of carboxylic acid groups (broad SMARTS) is 2. The van der Waals surface area contributed by atoms with Crippen molar-refractivity contribution in [3.05, 3.63) is 71.8 Å². The molecule has 57 heavy (non-hydrogen) atoms. The van der Waals surface area contributed by atoms with Crippen molar-refractivity contribution in [3.63, 3.8) is 0 Å². The number of hydrogen-bond donors (Lipinski definition) is 5. The number of rotatable bonds is 28. The smallest absolute Gasteiger partial charge is 0.408 e. The van der Waals surface area contributed by atoms with Crippen LogP contribution in [-0.4, -0.2) is 138 Å². The maximum Gasteiger partial charge on any atom is 0.408 e. The summed E-state index contributed by atoms with van der Waals surface area (Å²) in [5, 5.41) is 26.2. The van der Waals surface area contributed by atoms with Crippen molar-refractivity contribution < 1.29 is 56.4 Å². The topological polar surface area (TPSA) is 238 Å². The first-order valence-electron chi connectivity index (χ1n) is 17.4. The average Bonchev–Trinajstić information content (AvgIpc) is 3.17. The van der Waals surface area contributed by atoms with Gasteiger partial charge in [0, 0.05) is 56.1 Å². The van der Waals surface area contributed by atoms with Gasteiger partial charge in [-0.3, -0.25) is 14.2 Å². The van der Waals surface area contributed by atoms with E-state index in [4.69, 9.17) is 55.7 Å². The monoisotopic (exact) mass is 919 g/mol. The number of alkyl halides is 4. The number of aliphatic carboxylic acids is 2. The molecular weight excluding hydrogens is 875 g/mol. The molecule has 0 saturated carbocycles. The number of amides is 3. The van der Waals surface area contributed by atoms with Gasteiger partial charge in [0.1, 0.15) is 18.7 Å². The molecule has 2 aromatic carbocycles. The van der Waals surface area contributed by atoms with E-state index >= 15 is 0 Å². The molecule has 0 saturated heterocycles. The first kappa shape index (κ1) is 50.0. The highest BCUT2D eigenvalue weighted by atomic mass is 35.5. The van der Waals surface area contributed by atoms with Crippen LogP contribution in [0, 0.1) is 0 Å². The maximum absolute atomic E-state index is 14.3. The van der Waals surface area contributed by atoms with Gasteiger partial charge < -0.3 is 35.4 Å². The summed E-state index contributed by atoms with van der Waals surface area (Å²) < 4.78 is 54.9. The molecule has 2 aromatic rings. The number of sulfone groups is 1. The number of nitrogens with one attached hydrogen (secondary N) is 3.